The quantitative estimate of drug-likeness (QED) is 0.882. The second-order valence-corrected chi connectivity index (χ2v) is 4.41. The zero-order valence-corrected chi connectivity index (χ0v) is 9.41. The second kappa shape index (κ2) is 4.90. The number of carbonyl (C=O) groups is 1. The first-order chi connectivity index (χ1) is 7.74. The summed E-state index contributed by atoms with van der Waals surface area (Å²) in [7, 11) is 0. The van der Waals surface area contributed by atoms with E-state index in [2.05, 4.69) is 4.98 Å². The van der Waals surface area contributed by atoms with Crippen molar-refractivity contribution in [2.75, 3.05) is 0 Å². The molecular weight excluding hydrogens is 222 g/mol. The van der Waals surface area contributed by atoms with Crippen LogP contribution in [-0.4, -0.2) is 16.1 Å². The molecule has 0 saturated heterocycles. The molecule has 0 aliphatic heterocycles. The number of benzene rings is 1. The minimum absolute atomic E-state index is 0.00525. The Balaban J connectivity index is 2.06. The van der Waals surface area contributed by atoms with Crippen molar-refractivity contribution in [1.29, 1.82) is 0 Å². The third kappa shape index (κ3) is 2.90. The van der Waals surface area contributed by atoms with Crippen molar-refractivity contribution < 1.29 is 9.90 Å². The van der Waals surface area contributed by atoms with Crippen LogP contribution >= 0.6 is 11.3 Å². The van der Waals surface area contributed by atoms with Gasteiger partial charge in [-0.2, -0.15) is 0 Å². The number of nitrogens with zero attached hydrogens (tertiary/aromatic N) is 1. The first-order valence-corrected chi connectivity index (χ1v) is 5.81. The van der Waals surface area contributed by atoms with E-state index in [-0.39, 0.29) is 6.42 Å². The Morgan fingerprint density at radius 1 is 1.31 bits per heavy atom. The van der Waals surface area contributed by atoms with E-state index in [0.717, 1.165) is 11.4 Å². The molecule has 0 aliphatic carbocycles. The largest absolute Gasteiger partial charge is 0.481 e. The van der Waals surface area contributed by atoms with Gasteiger partial charge in [-0.3, -0.25) is 4.79 Å². The molecule has 0 fully saturated rings. The smallest absolute Gasteiger partial charge is 0.309 e. The monoisotopic (exact) mass is 233 g/mol. The lowest BCUT2D eigenvalue weighted by Crippen LogP contribution is -2.00. The normalized spacial score (nSPS) is 10.2. The lowest BCUT2D eigenvalue weighted by Gasteiger charge is -1.96. The van der Waals surface area contributed by atoms with Gasteiger partial charge in [0.1, 0.15) is 0 Å². The Hall–Kier alpha value is -1.68. The number of thiazole rings is 1. The van der Waals surface area contributed by atoms with Gasteiger partial charge in [-0.25, -0.2) is 4.98 Å². The van der Waals surface area contributed by atoms with Gasteiger partial charge in [0.25, 0.3) is 0 Å². The Bertz CT molecular complexity index is 479. The van der Waals surface area contributed by atoms with E-state index in [1.807, 2.05) is 35.7 Å². The van der Waals surface area contributed by atoms with Crippen LogP contribution in [0, 0.1) is 0 Å². The van der Waals surface area contributed by atoms with E-state index >= 15 is 0 Å². The van der Waals surface area contributed by atoms with Crippen LogP contribution in [0.3, 0.4) is 0 Å². The summed E-state index contributed by atoms with van der Waals surface area (Å²) in [5.41, 5.74) is 1.84. The molecule has 0 bridgehead atoms. The molecule has 1 aromatic heterocycles. The number of hydrogen-bond acceptors (Lipinski definition) is 3. The minimum atomic E-state index is -0.837. The molecule has 2 rings (SSSR count). The molecule has 1 heterocycles. The summed E-state index contributed by atoms with van der Waals surface area (Å²) >= 11 is 1.51. The molecule has 3 nitrogen and oxygen atoms in total. The Kier molecular flexibility index (Phi) is 3.31. The van der Waals surface area contributed by atoms with Crippen LogP contribution in [0.25, 0.3) is 0 Å². The highest BCUT2D eigenvalue weighted by Gasteiger charge is 2.06. The van der Waals surface area contributed by atoms with Crippen molar-refractivity contribution in [2.24, 2.45) is 0 Å². The lowest BCUT2D eigenvalue weighted by atomic mass is 10.2. The van der Waals surface area contributed by atoms with Gasteiger partial charge in [-0.05, 0) is 5.56 Å². The van der Waals surface area contributed by atoms with Crippen molar-refractivity contribution in [2.45, 2.75) is 12.8 Å². The summed E-state index contributed by atoms with van der Waals surface area (Å²) < 4.78 is 0. The number of carboxylic acids is 1. The molecule has 0 amide bonds. The van der Waals surface area contributed by atoms with Gasteiger partial charge in [0.2, 0.25) is 0 Å². The maximum absolute atomic E-state index is 10.5. The van der Waals surface area contributed by atoms with E-state index in [1.165, 1.54) is 16.9 Å². The molecule has 0 spiro atoms. The molecule has 1 N–H and O–H groups in total. The standard InChI is InChI=1S/C12H11NO2S/c14-12(15)7-10-8-16-11(13-10)6-9-4-2-1-3-5-9/h1-5,8H,6-7H2,(H,14,15). The SMILES string of the molecule is O=C(O)Cc1csc(Cc2ccccc2)n1. The predicted molar refractivity (Wildman–Crippen MR) is 62.7 cm³/mol. The van der Waals surface area contributed by atoms with Gasteiger partial charge in [-0.1, -0.05) is 30.3 Å². The Labute approximate surface area is 97.4 Å². The van der Waals surface area contributed by atoms with E-state index < -0.39 is 5.97 Å². The molecular formula is C12H11NO2S. The highest BCUT2D eigenvalue weighted by molar-refractivity contribution is 7.09. The van der Waals surface area contributed by atoms with Crippen molar-refractivity contribution in [3.05, 3.63) is 52.0 Å². The number of rotatable bonds is 4. The topological polar surface area (TPSA) is 50.2 Å². The average Bonchev–Trinajstić information content (AvgIpc) is 2.66. The van der Waals surface area contributed by atoms with Crippen molar-refractivity contribution in [1.82, 2.24) is 4.98 Å². The number of aliphatic carboxylic acids is 1. The molecule has 0 aliphatic rings. The van der Waals surface area contributed by atoms with Crippen molar-refractivity contribution in [3.8, 4) is 0 Å². The molecule has 0 atom stereocenters. The first-order valence-electron chi connectivity index (χ1n) is 4.93. The van der Waals surface area contributed by atoms with Gasteiger partial charge < -0.3 is 5.11 Å². The number of hydrogen-bond donors (Lipinski definition) is 1. The van der Waals surface area contributed by atoms with Crippen LogP contribution in [0.4, 0.5) is 0 Å². The van der Waals surface area contributed by atoms with Crippen LogP contribution in [0.2, 0.25) is 0 Å². The van der Waals surface area contributed by atoms with Crippen molar-refractivity contribution >= 4 is 17.3 Å². The maximum Gasteiger partial charge on any atom is 0.309 e. The van der Waals surface area contributed by atoms with Gasteiger partial charge >= 0.3 is 5.97 Å². The molecule has 82 valence electrons. The van der Waals surface area contributed by atoms with Gasteiger partial charge in [-0.15, -0.1) is 11.3 Å². The van der Waals surface area contributed by atoms with Crippen LogP contribution in [0.1, 0.15) is 16.3 Å². The molecule has 4 heteroatoms. The van der Waals surface area contributed by atoms with Gasteiger partial charge in [0.15, 0.2) is 0 Å². The van der Waals surface area contributed by atoms with Gasteiger partial charge in [0, 0.05) is 11.8 Å². The fourth-order valence-electron chi connectivity index (χ4n) is 1.44. The van der Waals surface area contributed by atoms with E-state index in [9.17, 15) is 4.79 Å². The summed E-state index contributed by atoms with van der Waals surface area (Å²) in [4.78, 5) is 14.8. The summed E-state index contributed by atoms with van der Waals surface area (Å²) in [5, 5.41) is 11.4. The minimum Gasteiger partial charge on any atom is -0.481 e. The zero-order valence-electron chi connectivity index (χ0n) is 8.59. The molecule has 0 unspecified atom stereocenters. The summed E-state index contributed by atoms with van der Waals surface area (Å²) in [5.74, 6) is -0.837. The number of carboxylic acid groups (broad SMARTS) is 1. The third-order valence-corrected chi connectivity index (χ3v) is 3.03. The third-order valence-electron chi connectivity index (χ3n) is 2.13. The average molecular weight is 233 g/mol. The van der Waals surface area contributed by atoms with Crippen molar-refractivity contribution in [3.63, 3.8) is 0 Å². The second-order valence-electron chi connectivity index (χ2n) is 3.47. The zero-order chi connectivity index (χ0) is 11.4. The maximum atomic E-state index is 10.5. The highest BCUT2D eigenvalue weighted by Crippen LogP contribution is 2.14. The predicted octanol–water partition coefficient (Wildman–Crippen LogP) is 2.36. The van der Waals surface area contributed by atoms with Crippen LogP contribution in [-0.2, 0) is 17.6 Å². The van der Waals surface area contributed by atoms with Crippen LogP contribution in [0.15, 0.2) is 35.7 Å². The summed E-state index contributed by atoms with van der Waals surface area (Å²) in [6.07, 6.45) is 0.774. The molecule has 0 saturated carbocycles. The molecule has 0 radical (unpaired) electrons. The Morgan fingerprint density at radius 2 is 2.06 bits per heavy atom. The van der Waals surface area contributed by atoms with E-state index in [4.69, 9.17) is 5.11 Å². The van der Waals surface area contributed by atoms with E-state index in [1.54, 1.807) is 0 Å². The Morgan fingerprint density at radius 3 is 2.75 bits per heavy atom. The molecule has 16 heavy (non-hydrogen) atoms. The van der Waals surface area contributed by atoms with Crippen LogP contribution < -0.4 is 0 Å². The fraction of sp³-hybridized carbons (Fsp3) is 0.167. The van der Waals surface area contributed by atoms with E-state index in [0.29, 0.717) is 5.69 Å². The van der Waals surface area contributed by atoms with Gasteiger partial charge in [0.05, 0.1) is 17.1 Å². The number of aromatic nitrogens is 1. The highest BCUT2D eigenvalue weighted by atomic mass is 32.1. The summed E-state index contributed by atoms with van der Waals surface area (Å²) in [6, 6.07) is 10.0. The first kappa shape index (κ1) is 10.8. The molecule has 1 aromatic carbocycles. The van der Waals surface area contributed by atoms with Crippen LogP contribution in [0.5, 0.6) is 0 Å². The fourth-order valence-corrected chi connectivity index (χ4v) is 2.26. The lowest BCUT2D eigenvalue weighted by molar-refractivity contribution is -0.136. The molecule has 2 aromatic rings. The summed E-state index contributed by atoms with van der Waals surface area (Å²) in [6.45, 7) is 0.